The van der Waals surface area contributed by atoms with E-state index in [4.69, 9.17) is 34.8 Å². The lowest BCUT2D eigenvalue weighted by molar-refractivity contribution is 0.912. The summed E-state index contributed by atoms with van der Waals surface area (Å²) in [5, 5.41) is 1.01. The van der Waals surface area contributed by atoms with Gasteiger partial charge in [-0.1, -0.05) is 45.2 Å². The zero-order valence-electron chi connectivity index (χ0n) is 10.8. The summed E-state index contributed by atoms with van der Waals surface area (Å²) in [4.78, 5) is 4.63. The Morgan fingerprint density at radius 3 is 2.57 bits per heavy atom. The van der Waals surface area contributed by atoms with Gasteiger partial charge in [0.1, 0.15) is 5.82 Å². The summed E-state index contributed by atoms with van der Waals surface area (Å²) in [5.41, 5.74) is 2.73. The van der Waals surface area contributed by atoms with Crippen LogP contribution in [0.5, 0.6) is 0 Å². The maximum Gasteiger partial charge on any atom is 0.115 e. The van der Waals surface area contributed by atoms with Crippen molar-refractivity contribution in [2.75, 3.05) is 5.88 Å². The molecule has 0 aliphatic carbocycles. The van der Waals surface area contributed by atoms with Crippen molar-refractivity contribution in [2.24, 2.45) is 0 Å². The van der Waals surface area contributed by atoms with Crippen LogP contribution < -0.4 is 0 Å². The molecular weight excluding hydrogens is 394 g/mol. The maximum atomic E-state index is 6.16. The van der Waals surface area contributed by atoms with E-state index in [1.165, 1.54) is 0 Å². The first-order valence-corrected chi connectivity index (χ1v) is 8.37. The fourth-order valence-corrected chi connectivity index (χ4v) is 3.15. The minimum absolute atomic E-state index is 0.499. The molecule has 0 saturated heterocycles. The molecule has 3 rings (SSSR count). The molecule has 0 bridgehead atoms. The van der Waals surface area contributed by atoms with Crippen LogP contribution in [0, 0.1) is 0 Å². The fraction of sp³-hybridized carbons (Fsp3) is 0.133. The number of hydrogen-bond acceptors (Lipinski definition) is 1. The van der Waals surface area contributed by atoms with Gasteiger partial charge in [-0.15, -0.1) is 11.6 Å². The van der Waals surface area contributed by atoms with E-state index in [-0.39, 0.29) is 0 Å². The molecule has 1 heterocycles. The summed E-state index contributed by atoms with van der Waals surface area (Å²) in [7, 11) is 0. The second kappa shape index (κ2) is 6.17. The molecule has 3 aromatic rings. The first-order valence-electron chi connectivity index (χ1n) is 6.28. The molecule has 0 atom stereocenters. The number of alkyl halides is 1. The van der Waals surface area contributed by atoms with Crippen molar-refractivity contribution >= 4 is 61.8 Å². The second-order valence-corrected chi connectivity index (χ2v) is 6.65. The van der Waals surface area contributed by atoms with Crippen LogP contribution >= 0.6 is 50.7 Å². The molecule has 0 aliphatic rings. The first kappa shape index (κ1) is 15.2. The van der Waals surface area contributed by atoms with Gasteiger partial charge in [0.15, 0.2) is 0 Å². The maximum absolute atomic E-state index is 6.16. The number of aromatic nitrogens is 2. The van der Waals surface area contributed by atoms with Crippen molar-refractivity contribution in [3.63, 3.8) is 0 Å². The highest BCUT2D eigenvalue weighted by atomic mass is 79.9. The number of halogens is 4. The lowest BCUT2D eigenvalue weighted by atomic mass is 10.2. The number of benzene rings is 2. The Morgan fingerprint density at radius 1 is 1.10 bits per heavy atom. The Labute approximate surface area is 145 Å². The highest BCUT2D eigenvalue weighted by Crippen LogP contribution is 2.31. The van der Waals surface area contributed by atoms with E-state index in [1.807, 2.05) is 30.3 Å². The van der Waals surface area contributed by atoms with Crippen molar-refractivity contribution in [1.29, 1.82) is 0 Å². The predicted molar refractivity (Wildman–Crippen MR) is 93.2 cm³/mol. The molecule has 0 N–H and O–H groups in total. The molecule has 0 radical (unpaired) electrons. The Bertz CT molecular complexity index is 814. The summed E-state index contributed by atoms with van der Waals surface area (Å²) in [5.74, 6) is 1.38. The van der Waals surface area contributed by atoms with E-state index < -0.39 is 0 Å². The first-order chi connectivity index (χ1) is 10.1. The Kier molecular flexibility index (Phi) is 4.46. The third-order valence-electron chi connectivity index (χ3n) is 3.15. The summed E-state index contributed by atoms with van der Waals surface area (Å²) < 4.78 is 3.06. The van der Waals surface area contributed by atoms with Crippen molar-refractivity contribution in [3.8, 4) is 5.69 Å². The molecule has 0 unspecified atom stereocenters. The van der Waals surface area contributed by atoms with Gasteiger partial charge in [0.25, 0.3) is 0 Å². The van der Waals surface area contributed by atoms with E-state index in [0.717, 1.165) is 27.0 Å². The van der Waals surface area contributed by atoms with Gasteiger partial charge in [-0.05, 0) is 30.3 Å². The standard InChI is InChI=1S/C15H10BrCl3N2/c16-9-2-1-3-10(6-9)21-14-8-12(19)11(18)7-13(14)20-15(21)4-5-17/h1-3,6-8H,4-5H2. The number of aryl methyl sites for hydroxylation is 1. The average molecular weight is 405 g/mol. The van der Waals surface area contributed by atoms with Gasteiger partial charge < -0.3 is 0 Å². The van der Waals surface area contributed by atoms with E-state index in [1.54, 1.807) is 6.07 Å². The molecule has 6 heteroatoms. The van der Waals surface area contributed by atoms with Crippen LogP contribution in [0.25, 0.3) is 16.7 Å². The van der Waals surface area contributed by atoms with E-state index in [2.05, 4.69) is 25.5 Å². The van der Waals surface area contributed by atoms with Gasteiger partial charge in [0.2, 0.25) is 0 Å². The van der Waals surface area contributed by atoms with Crippen LogP contribution in [0.2, 0.25) is 10.0 Å². The molecule has 21 heavy (non-hydrogen) atoms. The summed E-state index contributed by atoms with van der Waals surface area (Å²) >= 11 is 21.6. The summed E-state index contributed by atoms with van der Waals surface area (Å²) in [6, 6.07) is 11.6. The number of rotatable bonds is 3. The Balaban J connectivity index is 2.32. The van der Waals surface area contributed by atoms with Crippen LogP contribution in [0.1, 0.15) is 5.82 Å². The van der Waals surface area contributed by atoms with E-state index >= 15 is 0 Å². The van der Waals surface area contributed by atoms with Crippen LogP contribution in [-0.4, -0.2) is 15.4 Å². The van der Waals surface area contributed by atoms with Crippen LogP contribution in [0.15, 0.2) is 40.9 Å². The van der Waals surface area contributed by atoms with E-state index in [0.29, 0.717) is 22.3 Å². The molecule has 0 amide bonds. The molecule has 2 aromatic carbocycles. The predicted octanol–water partition coefficient (Wildman–Crippen LogP) is 5.88. The lowest BCUT2D eigenvalue weighted by Crippen LogP contribution is -2.02. The summed E-state index contributed by atoms with van der Waals surface area (Å²) in [6.07, 6.45) is 0.665. The quantitative estimate of drug-likeness (QED) is 0.499. The molecule has 108 valence electrons. The number of fused-ring (bicyclic) bond motifs is 1. The van der Waals surface area contributed by atoms with Crippen molar-refractivity contribution in [3.05, 3.63) is 56.7 Å². The molecule has 0 spiro atoms. The van der Waals surface area contributed by atoms with Gasteiger partial charge in [-0.25, -0.2) is 4.98 Å². The molecule has 0 saturated carbocycles. The molecule has 0 fully saturated rings. The minimum Gasteiger partial charge on any atom is -0.296 e. The van der Waals surface area contributed by atoms with E-state index in [9.17, 15) is 0 Å². The van der Waals surface area contributed by atoms with Crippen LogP contribution in [0.4, 0.5) is 0 Å². The van der Waals surface area contributed by atoms with Gasteiger partial charge in [-0.3, -0.25) is 4.57 Å². The van der Waals surface area contributed by atoms with Crippen molar-refractivity contribution in [2.45, 2.75) is 6.42 Å². The van der Waals surface area contributed by atoms with Crippen LogP contribution in [-0.2, 0) is 6.42 Å². The van der Waals surface area contributed by atoms with Crippen LogP contribution in [0.3, 0.4) is 0 Å². The molecule has 2 nitrogen and oxygen atoms in total. The normalized spacial score (nSPS) is 11.2. The fourth-order valence-electron chi connectivity index (χ4n) is 2.28. The largest absolute Gasteiger partial charge is 0.296 e. The highest BCUT2D eigenvalue weighted by Gasteiger charge is 2.14. The zero-order valence-corrected chi connectivity index (χ0v) is 14.6. The third kappa shape index (κ3) is 2.93. The Hall–Kier alpha value is -0.740. The van der Waals surface area contributed by atoms with Gasteiger partial charge in [0.05, 0.1) is 21.1 Å². The number of nitrogens with zero attached hydrogens (tertiary/aromatic N) is 2. The monoisotopic (exact) mass is 402 g/mol. The smallest absolute Gasteiger partial charge is 0.115 e. The van der Waals surface area contributed by atoms with Gasteiger partial charge >= 0.3 is 0 Å². The van der Waals surface area contributed by atoms with Gasteiger partial charge in [0, 0.05) is 22.5 Å². The van der Waals surface area contributed by atoms with Crippen molar-refractivity contribution in [1.82, 2.24) is 9.55 Å². The second-order valence-electron chi connectivity index (χ2n) is 4.54. The Morgan fingerprint density at radius 2 is 1.86 bits per heavy atom. The summed E-state index contributed by atoms with van der Waals surface area (Å²) in [6.45, 7) is 0. The molecular formula is C15H10BrCl3N2. The SMILES string of the molecule is ClCCc1nc2cc(Cl)c(Cl)cc2n1-c1cccc(Br)c1. The average Bonchev–Trinajstić information content (AvgIpc) is 2.77. The highest BCUT2D eigenvalue weighted by molar-refractivity contribution is 9.10. The molecule has 1 aromatic heterocycles. The molecule has 0 aliphatic heterocycles. The number of hydrogen-bond donors (Lipinski definition) is 0. The zero-order chi connectivity index (χ0) is 15.0. The topological polar surface area (TPSA) is 17.8 Å². The lowest BCUT2D eigenvalue weighted by Gasteiger charge is -2.09. The third-order valence-corrected chi connectivity index (χ3v) is 4.55. The minimum atomic E-state index is 0.499. The number of imidazole rings is 1. The van der Waals surface area contributed by atoms with Gasteiger partial charge in [-0.2, -0.15) is 0 Å². The van der Waals surface area contributed by atoms with Crippen molar-refractivity contribution < 1.29 is 0 Å².